The topological polar surface area (TPSA) is 69.6 Å². The molecular weight excluding hydrogens is 330 g/mol. The lowest BCUT2D eigenvalue weighted by Crippen LogP contribution is -2.42. The molecule has 0 N–H and O–H groups in total. The van der Waals surface area contributed by atoms with Crippen LogP contribution in [0, 0.1) is 6.92 Å². The third kappa shape index (κ3) is 4.58. The highest BCUT2D eigenvalue weighted by atomic mass is 16.2. The summed E-state index contributed by atoms with van der Waals surface area (Å²) in [6.07, 6.45) is 4.76. The van der Waals surface area contributed by atoms with Gasteiger partial charge in [-0.15, -0.1) is 0 Å². The summed E-state index contributed by atoms with van der Waals surface area (Å²) >= 11 is 0. The molecule has 1 aromatic heterocycles. The highest BCUT2D eigenvalue weighted by Crippen LogP contribution is 2.29. The van der Waals surface area contributed by atoms with Crippen molar-refractivity contribution >= 4 is 11.8 Å². The van der Waals surface area contributed by atoms with Crippen molar-refractivity contribution in [1.82, 2.24) is 24.7 Å². The molecule has 1 aromatic rings. The first-order chi connectivity index (χ1) is 12.4. The van der Waals surface area contributed by atoms with Crippen molar-refractivity contribution in [3.8, 4) is 0 Å². The summed E-state index contributed by atoms with van der Waals surface area (Å²) in [5, 5.41) is 0. The average Bonchev–Trinajstić information content (AvgIpc) is 2.62. The number of piperidine rings is 1. The highest BCUT2D eigenvalue weighted by Gasteiger charge is 2.29. The van der Waals surface area contributed by atoms with E-state index < -0.39 is 0 Å². The monoisotopic (exact) mass is 361 g/mol. The summed E-state index contributed by atoms with van der Waals surface area (Å²) in [6.45, 7) is 8.37. The van der Waals surface area contributed by atoms with Crippen LogP contribution >= 0.6 is 0 Å². The standard InChI is InChI=1S/C19H31N5O2/c1-6-23(7-2)19(26)15-12-20-18(21-14(15)3)16-10-8-9-11-24(16)13-17(25)22(4)5/h12,16H,6-11,13H2,1-5H3/t16-/m1/s1. The van der Waals surface area contributed by atoms with E-state index in [9.17, 15) is 9.59 Å². The predicted octanol–water partition coefficient (Wildman–Crippen LogP) is 1.88. The minimum Gasteiger partial charge on any atom is -0.348 e. The van der Waals surface area contributed by atoms with Gasteiger partial charge in [0.1, 0.15) is 5.82 Å². The van der Waals surface area contributed by atoms with Gasteiger partial charge in [-0.25, -0.2) is 9.97 Å². The fraction of sp³-hybridized carbons (Fsp3) is 0.684. The van der Waals surface area contributed by atoms with E-state index in [2.05, 4.69) is 14.9 Å². The van der Waals surface area contributed by atoms with Gasteiger partial charge in [0, 0.05) is 33.4 Å². The van der Waals surface area contributed by atoms with Crippen LogP contribution in [0.2, 0.25) is 0 Å². The first-order valence-corrected chi connectivity index (χ1v) is 9.46. The summed E-state index contributed by atoms with van der Waals surface area (Å²) in [6, 6.07) is 0.0314. The number of carbonyl (C=O) groups is 2. The molecule has 0 unspecified atom stereocenters. The number of aromatic nitrogens is 2. The molecule has 1 saturated heterocycles. The van der Waals surface area contributed by atoms with E-state index in [1.807, 2.05) is 20.8 Å². The molecule has 1 fully saturated rings. The fourth-order valence-corrected chi connectivity index (χ4v) is 3.32. The second-order valence-corrected chi connectivity index (χ2v) is 6.97. The maximum atomic E-state index is 12.6. The third-order valence-corrected chi connectivity index (χ3v) is 5.03. The highest BCUT2D eigenvalue weighted by molar-refractivity contribution is 5.94. The van der Waals surface area contributed by atoms with Crippen molar-refractivity contribution < 1.29 is 9.59 Å². The Balaban J connectivity index is 2.22. The van der Waals surface area contributed by atoms with Gasteiger partial charge < -0.3 is 9.80 Å². The molecule has 2 rings (SSSR count). The van der Waals surface area contributed by atoms with E-state index in [4.69, 9.17) is 0 Å². The van der Waals surface area contributed by atoms with Crippen molar-refractivity contribution in [3.63, 3.8) is 0 Å². The number of rotatable bonds is 6. The zero-order chi connectivity index (χ0) is 19.3. The molecule has 0 saturated carbocycles. The van der Waals surface area contributed by atoms with E-state index >= 15 is 0 Å². The molecule has 0 spiro atoms. The van der Waals surface area contributed by atoms with Gasteiger partial charge in [0.2, 0.25) is 5.91 Å². The maximum absolute atomic E-state index is 12.6. The van der Waals surface area contributed by atoms with Gasteiger partial charge in [0.25, 0.3) is 5.91 Å². The lowest BCUT2D eigenvalue weighted by Gasteiger charge is -2.34. The Labute approximate surface area is 156 Å². The van der Waals surface area contributed by atoms with Gasteiger partial charge in [-0.1, -0.05) is 6.42 Å². The first kappa shape index (κ1) is 20.3. The molecule has 2 heterocycles. The number of hydrogen-bond donors (Lipinski definition) is 0. The predicted molar refractivity (Wildman–Crippen MR) is 101 cm³/mol. The largest absolute Gasteiger partial charge is 0.348 e. The fourth-order valence-electron chi connectivity index (χ4n) is 3.32. The Morgan fingerprint density at radius 2 is 1.92 bits per heavy atom. The van der Waals surface area contributed by atoms with Gasteiger partial charge in [0.05, 0.1) is 23.8 Å². The normalized spacial score (nSPS) is 17.8. The van der Waals surface area contributed by atoms with Gasteiger partial charge >= 0.3 is 0 Å². The zero-order valence-corrected chi connectivity index (χ0v) is 16.7. The Kier molecular flexibility index (Phi) is 7.08. The molecule has 144 valence electrons. The van der Waals surface area contributed by atoms with Gasteiger partial charge in [-0.05, 0) is 40.2 Å². The average molecular weight is 361 g/mol. The van der Waals surface area contributed by atoms with Crippen molar-refractivity contribution in [3.05, 3.63) is 23.3 Å². The molecule has 0 aliphatic carbocycles. The van der Waals surface area contributed by atoms with Crippen molar-refractivity contribution in [1.29, 1.82) is 0 Å². The Morgan fingerprint density at radius 3 is 2.50 bits per heavy atom. The van der Waals surface area contributed by atoms with Crippen LogP contribution in [-0.2, 0) is 4.79 Å². The van der Waals surface area contributed by atoms with E-state index in [-0.39, 0.29) is 17.9 Å². The van der Waals surface area contributed by atoms with Crippen LogP contribution in [0.1, 0.15) is 61.0 Å². The van der Waals surface area contributed by atoms with Crippen LogP contribution in [0.3, 0.4) is 0 Å². The van der Waals surface area contributed by atoms with E-state index in [1.165, 1.54) is 0 Å². The van der Waals surface area contributed by atoms with Gasteiger partial charge in [-0.2, -0.15) is 0 Å². The summed E-state index contributed by atoms with van der Waals surface area (Å²) in [4.78, 5) is 39.4. The molecule has 1 aliphatic rings. The quantitative estimate of drug-likeness (QED) is 0.774. The lowest BCUT2D eigenvalue weighted by atomic mass is 10.0. The Hall–Kier alpha value is -2.02. The second kappa shape index (κ2) is 9.07. The lowest BCUT2D eigenvalue weighted by molar-refractivity contribution is -0.130. The summed E-state index contributed by atoms with van der Waals surface area (Å²) in [5.74, 6) is 0.772. The molecular formula is C19H31N5O2. The minimum atomic E-state index is -0.0256. The summed E-state index contributed by atoms with van der Waals surface area (Å²) in [7, 11) is 3.55. The number of nitrogens with zero attached hydrogens (tertiary/aromatic N) is 5. The molecule has 1 aliphatic heterocycles. The minimum absolute atomic E-state index is 0.0256. The molecule has 7 nitrogen and oxygen atoms in total. The zero-order valence-electron chi connectivity index (χ0n) is 16.7. The number of carbonyl (C=O) groups excluding carboxylic acids is 2. The number of likely N-dealkylation sites (N-methyl/N-ethyl adjacent to an activating group) is 1. The van der Waals surface area contributed by atoms with Crippen LogP contribution in [-0.4, -0.2) is 76.8 Å². The molecule has 7 heteroatoms. The van der Waals surface area contributed by atoms with E-state index in [0.29, 0.717) is 36.7 Å². The van der Waals surface area contributed by atoms with Crippen LogP contribution < -0.4 is 0 Å². The number of amides is 2. The van der Waals surface area contributed by atoms with Crippen molar-refractivity contribution in [2.45, 2.75) is 46.1 Å². The van der Waals surface area contributed by atoms with E-state index in [1.54, 1.807) is 30.1 Å². The van der Waals surface area contributed by atoms with E-state index in [0.717, 1.165) is 25.8 Å². The van der Waals surface area contributed by atoms with Crippen LogP contribution in [0.4, 0.5) is 0 Å². The van der Waals surface area contributed by atoms with Crippen LogP contribution in [0.25, 0.3) is 0 Å². The number of hydrogen-bond acceptors (Lipinski definition) is 5. The van der Waals surface area contributed by atoms with Gasteiger partial charge in [0.15, 0.2) is 0 Å². The Bertz CT molecular complexity index is 643. The molecule has 0 radical (unpaired) electrons. The SMILES string of the molecule is CCN(CC)C(=O)c1cnc([C@H]2CCCCN2CC(=O)N(C)C)nc1C. The smallest absolute Gasteiger partial charge is 0.257 e. The number of likely N-dealkylation sites (tertiary alicyclic amines) is 1. The third-order valence-electron chi connectivity index (χ3n) is 5.03. The molecule has 2 amide bonds. The molecule has 26 heavy (non-hydrogen) atoms. The first-order valence-electron chi connectivity index (χ1n) is 9.46. The van der Waals surface area contributed by atoms with Crippen LogP contribution in [0.15, 0.2) is 6.20 Å². The van der Waals surface area contributed by atoms with Crippen LogP contribution in [0.5, 0.6) is 0 Å². The number of aryl methyl sites for hydroxylation is 1. The van der Waals surface area contributed by atoms with Crippen molar-refractivity contribution in [2.75, 3.05) is 40.3 Å². The molecule has 0 bridgehead atoms. The second-order valence-electron chi connectivity index (χ2n) is 6.97. The summed E-state index contributed by atoms with van der Waals surface area (Å²) < 4.78 is 0. The summed E-state index contributed by atoms with van der Waals surface area (Å²) in [5.41, 5.74) is 1.26. The van der Waals surface area contributed by atoms with Gasteiger partial charge in [-0.3, -0.25) is 14.5 Å². The Morgan fingerprint density at radius 1 is 1.23 bits per heavy atom. The van der Waals surface area contributed by atoms with Crippen molar-refractivity contribution in [2.24, 2.45) is 0 Å². The maximum Gasteiger partial charge on any atom is 0.257 e. The molecule has 1 atom stereocenters. The molecule has 0 aromatic carbocycles.